The van der Waals surface area contributed by atoms with Crippen molar-refractivity contribution < 1.29 is 14.4 Å². The lowest BCUT2D eigenvalue weighted by molar-refractivity contribution is 0.112. The van der Waals surface area contributed by atoms with Crippen LogP contribution in [-0.4, -0.2) is 11.4 Å². The van der Waals surface area contributed by atoms with E-state index in [0.29, 0.717) is 24.0 Å². The SMILES string of the molecule is Cc1cc(OPI)cc(O)c1C=O. The lowest BCUT2D eigenvalue weighted by Crippen LogP contribution is -1.88. The molecule has 0 saturated heterocycles. The van der Waals surface area contributed by atoms with E-state index in [1.54, 1.807) is 13.0 Å². The van der Waals surface area contributed by atoms with E-state index < -0.39 is 0 Å². The summed E-state index contributed by atoms with van der Waals surface area (Å²) in [6.45, 7) is 2.05. The molecule has 1 atom stereocenters. The molecule has 0 fully saturated rings. The number of aromatic hydroxyl groups is 1. The number of halogens is 1. The number of phenolic OH excluding ortho intramolecular Hbond substituents is 1. The fraction of sp³-hybridized carbons (Fsp3) is 0.125. The highest BCUT2D eigenvalue weighted by Crippen LogP contribution is 2.32. The molecule has 0 heterocycles. The van der Waals surface area contributed by atoms with Crippen LogP contribution in [0.4, 0.5) is 0 Å². The maximum atomic E-state index is 10.5. The second-order valence-corrected chi connectivity index (χ2v) is 4.15. The van der Waals surface area contributed by atoms with Gasteiger partial charge in [0.1, 0.15) is 17.9 Å². The highest BCUT2D eigenvalue weighted by Gasteiger charge is 2.06. The summed E-state index contributed by atoms with van der Waals surface area (Å²) in [6, 6.07) is 3.18. The van der Waals surface area contributed by atoms with Gasteiger partial charge < -0.3 is 9.63 Å². The average Bonchev–Trinajstić information content (AvgIpc) is 2.04. The Balaban J connectivity index is 3.12. The molecule has 1 aromatic carbocycles. The van der Waals surface area contributed by atoms with Crippen LogP contribution in [0.2, 0.25) is 0 Å². The number of rotatable bonds is 3. The van der Waals surface area contributed by atoms with Crippen LogP contribution in [0.25, 0.3) is 0 Å². The van der Waals surface area contributed by atoms with Crippen molar-refractivity contribution in [3.63, 3.8) is 0 Å². The monoisotopic (exact) mass is 310 g/mol. The lowest BCUT2D eigenvalue weighted by Gasteiger charge is -2.06. The van der Waals surface area contributed by atoms with Gasteiger partial charge in [0.25, 0.3) is 0 Å². The highest BCUT2D eigenvalue weighted by atomic mass is 127. The van der Waals surface area contributed by atoms with E-state index >= 15 is 0 Å². The van der Waals surface area contributed by atoms with Crippen molar-refractivity contribution in [3.8, 4) is 11.5 Å². The minimum Gasteiger partial charge on any atom is -0.507 e. The Hall–Kier alpha value is -0.350. The van der Waals surface area contributed by atoms with Gasteiger partial charge in [0, 0.05) is 6.07 Å². The van der Waals surface area contributed by atoms with E-state index in [1.807, 2.05) is 0 Å². The number of carbonyl (C=O) groups excluding carboxylic acids is 1. The maximum Gasteiger partial charge on any atom is 0.154 e. The summed E-state index contributed by atoms with van der Waals surface area (Å²) in [7, 11) is 0. The van der Waals surface area contributed by atoms with Crippen LogP contribution in [0.15, 0.2) is 12.1 Å². The number of benzene rings is 1. The van der Waals surface area contributed by atoms with Gasteiger partial charge in [-0.2, -0.15) is 0 Å². The van der Waals surface area contributed by atoms with Crippen molar-refractivity contribution in [1.29, 1.82) is 0 Å². The topological polar surface area (TPSA) is 46.5 Å². The Bertz CT molecular complexity index is 304. The van der Waals surface area contributed by atoms with Gasteiger partial charge in [0.15, 0.2) is 6.29 Å². The van der Waals surface area contributed by atoms with Crippen LogP contribution in [-0.2, 0) is 0 Å². The molecule has 1 rings (SSSR count). The largest absolute Gasteiger partial charge is 0.507 e. The summed E-state index contributed by atoms with van der Waals surface area (Å²) in [4.78, 5) is 10.5. The Morgan fingerprint density at radius 3 is 2.77 bits per heavy atom. The van der Waals surface area contributed by atoms with Gasteiger partial charge in [-0.15, -0.1) is 0 Å². The van der Waals surface area contributed by atoms with E-state index in [-0.39, 0.29) is 5.75 Å². The molecule has 0 radical (unpaired) electrons. The van der Waals surface area contributed by atoms with E-state index in [0.717, 1.165) is 5.56 Å². The Labute approximate surface area is 90.8 Å². The van der Waals surface area contributed by atoms with E-state index in [1.165, 1.54) is 6.07 Å². The molecule has 13 heavy (non-hydrogen) atoms. The van der Waals surface area contributed by atoms with Crippen LogP contribution in [0, 0.1) is 6.92 Å². The normalized spacial score (nSPS) is 10.6. The summed E-state index contributed by atoms with van der Waals surface area (Å²) in [6.07, 6.45) is 0.640. The van der Waals surface area contributed by atoms with Crippen LogP contribution in [0.1, 0.15) is 15.9 Å². The first kappa shape index (κ1) is 10.7. The molecule has 70 valence electrons. The molecule has 1 unspecified atom stereocenters. The summed E-state index contributed by atoms with van der Waals surface area (Å²) in [5.41, 5.74) is 1.05. The smallest absolute Gasteiger partial charge is 0.154 e. The van der Waals surface area contributed by atoms with Gasteiger partial charge in [-0.25, -0.2) is 0 Å². The minimum absolute atomic E-state index is 0.0281. The molecule has 0 aliphatic carbocycles. The molecule has 0 saturated carbocycles. The standard InChI is InChI=1S/C8H8IO3P/c1-5-2-6(12-13-9)3-8(11)7(5)4-10/h2-4,11,13H,1H3. The molecule has 5 heteroatoms. The third-order valence-electron chi connectivity index (χ3n) is 1.61. The number of aryl methyl sites for hydroxylation is 1. The van der Waals surface area contributed by atoms with E-state index in [9.17, 15) is 9.90 Å². The Morgan fingerprint density at radius 1 is 1.62 bits per heavy atom. The van der Waals surface area contributed by atoms with Crippen LogP contribution in [0.5, 0.6) is 11.5 Å². The van der Waals surface area contributed by atoms with Crippen LogP contribution in [0.3, 0.4) is 0 Å². The van der Waals surface area contributed by atoms with Crippen molar-refractivity contribution >= 4 is 34.8 Å². The molecule has 0 aromatic heterocycles. The molecular formula is C8H8IO3P. The first-order valence-electron chi connectivity index (χ1n) is 3.50. The van der Waals surface area contributed by atoms with Crippen molar-refractivity contribution in [2.24, 2.45) is 0 Å². The molecular weight excluding hydrogens is 302 g/mol. The van der Waals surface area contributed by atoms with E-state index in [2.05, 4.69) is 22.0 Å². The predicted molar refractivity (Wildman–Crippen MR) is 61.2 cm³/mol. The zero-order valence-electron chi connectivity index (χ0n) is 6.87. The molecule has 0 amide bonds. The second kappa shape index (κ2) is 4.77. The third-order valence-corrected chi connectivity index (χ3v) is 2.59. The Morgan fingerprint density at radius 2 is 2.31 bits per heavy atom. The van der Waals surface area contributed by atoms with Gasteiger partial charge in [-0.3, -0.25) is 4.79 Å². The quantitative estimate of drug-likeness (QED) is 0.530. The number of hydrogen-bond donors (Lipinski definition) is 1. The van der Waals surface area contributed by atoms with Crippen LogP contribution < -0.4 is 4.52 Å². The van der Waals surface area contributed by atoms with Crippen molar-refractivity contribution in [3.05, 3.63) is 23.3 Å². The fourth-order valence-electron chi connectivity index (χ4n) is 1.00. The first-order valence-corrected chi connectivity index (χ1v) is 7.52. The fourth-order valence-corrected chi connectivity index (χ4v) is 1.97. The lowest BCUT2D eigenvalue weighted by atomic mass is 10.1. The van der Waals surface area contributed by atoms with Gasteiger partial charge >= 0.3 is 0 Å². The maximum absolute atomic E-state index is 10.5. The summed E-state index contributed by atoms with van der Waals surface area (Å²) in [5.74, 6) is 0.563. The third kappa shape index (κ3) is 2.54. The van der Waals surface area contributed by atoms with Crippen molar-refractivity contribution in [2.45, 2.75) is 6.92 Å². The summed E-state index contributed by atoms with van der Waals surface area (Å²) < 4.78 is 5.21. The zero-order valence-corrected chi connectivity index (χ0v) is 10.0. The highest BCUT2D eigenvalue weighted by molar-refractivity contribution is 14.2. The number of hydrogen-bond acceptors (Lipinski definition) is 3. The molecule has 1 aromatic rings. The predicted octanol–water partition coefficient (Wildman–Crippen LogP) is 2.84. The van der Waals surface area contributed by atoms with E-state index in [4.69, 9.17) is 4.52 Å². The van der Waals surface area contributed by atoms with Gasteiger partial charge in [0.05, 0.1) is 5.56 Å². The van der Waals surface area contributed by atoms with Crippen molar-refractivity contribution in [2.75, 3.05) is 0 Å². The number of aldehydes is 1. The average molecular weight is 310 g/mol. The summed E-state index contributed by atoms with van der Waals surface area (Å²) >= 11 is 2.09. The summed E-state index contributed by atoms with van der Waals surface area (Å²) in [5, 5.41) is 9.39. The second-order valence-electron chi connectivity index (χ2n) is 2.47. The molecule has 1 N–H and O–H groups in total. The zero-order chi connectivity index (χ0) is 9.84. The van der Waals surface area contributed by atoms with Gasteiger partial charge in [-0.1, -0.05) is 0 Å². The van der Waals surface area contributed by atoms with Crippen molar-refractivity contribution in [1.82, 2.24) is 0 Å². The number of phenols is 1. The Kier molecular flexibility index (Phi) is 3.93. The van der Waals surface area contributed by atoms with Crippen LogP contribution >= 0.6 is 28.5 Å². The molecule has 0 spiro atoms. The minimum atomic E-state index is -0.0281. The van der Waals surface area contributed by atoms with Gasteiger partial charge in [0.2, 0.25) is 0 Å². The molecule has 3 nitrogen and oxygen atoms in total. The number of carbonyl (C=O) groups is 1. The molecule has 0 bridgehead atoms. The molecule has 0 aliphatic rings. The van der Waals surface area contributed by atoms with Gasteiger partial charge in [-0.05, 0) is 40.6 Å². The first-order chi connectivity index (χ1) is 6.19. The molecule has 0 aliphatic heterocycles.